The predicted octanol–water partition coefficient (Wildman–Crippen LogP) is 1.68. The molecule has 0 radical (unpaired) electrons. The molecule has 1 aromatic heterocycles. The third-order valence-corrected chi connectivity index (χ3v) is 3.53. The van der Waals surface area contributed by atoms with E-state index in [1.165, 1.54) is 5.56 Å². The fraction of sp³-hybridized carbons (Fsp3) is 0.545. The van der Waals surface area contributed by atoms with Crippen molar-refractivity contribution in [3.8, 4) is 0 Å². The predicted molar refractivity (Wildman–Crippen MR) is 63.8 cm³/mol. The maximum Gasteiger partial charge on any atom is 0.136 e. The fourth-order valence-electron chi connectivity index (χ4n) is 1.05. The van der Waals surface area contributed by atoms with Crippen LogP contribution in [0.5, 0.6) is 0 Å². The quantitative estimate of drug-likeness (QED) is 0.795. The minimum absolute atomic E-state index is 0.196. The Kier molecular flexibility index (Phi) is 4.57. The van der Waals surface area contributed by atoms with Crippen LogP contribution in [0.1, 0.15) is 26.3 Å². The Bertz CT molecular complexity index is 284. The lowest BCUT2D eigenvalue weighted by Gasteiger charge is -2.23. The number of pyridine rings is 1. The van der Waals surface area contributed by atoms with Gasteiger partial charge in [0.2, 0.25) is 0 Å². The molecule has 0 aliphatic carbocycles. The minimum atomic E-state index is -0.977. The van der Waals surface area contributed by atoms with Gasteiger partial charge in [-0.2, -0.15) is 0 Å². The van der Waals surface area contributed by atoms with E-state index in [0.717, 1.165) is 13.0 Å². The molecule has 0 amide bonds. The van der Waals surface area contributed by atoms with E-state index in [9.17, 15) is 4.55 Å². The summed E-state index contributed by atoms with van der Waals surface area (Å²) in [4.78, 5) is 3.95. The summed E-state index contributed by atoms with van der Waals surface area (Å²) in [5.74, 6) is 0. The molecule has 3 nitrogen and oxygen atoms in total. The van der Waals surface area contributed by atoms with Gasteiger partial charge in [0.25, 0.3) is 0 Å². The first-order valence-electron chi connectivity index (χ1n) is 5.04. The molecule has 0 aliphatic heterocycles. The number of nitrogens with zero attached hydrogens (tertiary/aromatic N) is 1. The first-order valence-corrected chi connectivity index (χ1v) is 6.19. The highest BCUT2D eigenvalue weighted by Gasteiger charge is 2.25. The van der Waals surface area contributed by atoms with Crippen molar-refractivity contribution >= 4 is 11.4 Å². The molecule has 4 heteroatoms. The van der Waals surface area contributed by atoms with Crippen molar-refractivity contribution in [2.75, 3.05) is 6.54 Å². The number of hydrogen-bond donors (Lipinski definition) is 1. The summed E-state index contributed by atoms with van der Waals surface area (Å²) in [6, 6.07) is 3.95. The maximum absolute atomic E-state index is 11.6. The van der Waals surface area contributed by atoms with Gasteiger partial charge < -0.3 is 4.55 Å². The highest BCUT2D eigenvalue weighted by molar-refractivity contribution is 7.90. The topological polar surface area (TPSA) is 48.0 Å². The van der Waals surface area contributed by atoms with Gasteiger partial charge in [0, 0.05) is 30.3 Å². The van der Waals surface area contributed by atoms with Crippen LogP contribution in [0.3, 0.4) is 0 Å². The Hall–Kier alpha value is -0.580. The van der Waals surface area contributed by atoms with Gasteiger partial charge in [-0.1, -0.05) is 0 Å². The second-order valence-electron chi connectivity index (χ2n) is 4.38. The second-order valence-corrected chi connectivity index (χ2v) is 6.43. The molecule has 1 unspecified atom stereocenters. The lowest BCUT2D eigenvalue weighted by atomic mass is 10.2. The molecule has 15 heavy (non-hydrogen) atoms. The summed E-state index contributed by atoms with van der Waals surface area (Å²) in [5.41, 5.74) is 1.21. The van der Waals surface area contributed by atoms with E-state index in [2.05, 4.69) is 9.71 Å². The van der Waals surface area contributed by atoms with Gasteiger partial charge in [0.1, 0.15) is 4.75 Å². The number of rotatable bonds is 4. The van der Waals surface area contributed by atoms with E-state index >= 15 is 0 Å². The smallest absolute Gasteiger partial charge is 0.136 e. The van der Waals surface area contributed by atoms with Crippen LogP contribution in [-0.2, 0) is 17.8 Å². The van der Waals surface area contributed by atoms with E-state index in [-0.39, 0.29) is 4.75 Å². The summed E-state index contributed by atoms with van der Waals surface area (Å²) in [6.07, 6.45) is 4.43. The third-order valence-electron chi connectivity index (χ3n) is 1.95. The summed E-state index contributed by atoms with van der Waals surface area (Å²) in [7, 11) is 0. The normalized spacial score (nSPS) is 13.9. The van der Waals surface area contributed by atoms with Crippen molar-refractivity contribution in [3.63, 3.8) is 0 Å². The molecule has 0 saturated carbocycles. The number of aromatic nitrogens is 1. The molecule has 1 N–H and O–H groups in total. The van der Waals surface area contributed by atoms with Crippen molar-refractivity contribution < 1.29 is 4.55 Å². The van der Waals surface area contributed by atoms with Gasteiger partial charge in [-0.3, -0.25) is 4.98 Å². The Morgan fingerprint density at radius 2 is 1.93 bits per heavy atom. The van der Waals surface area contributed by atoms with Gasteiger partial charge in [-0.25, -0.2) is 0 Å². The van der Waals surface area contributed by atoms with Crippen molar-refractivity contribution in [2.24, 2.45) is 0 Å². The zero-order valence-corrected chi connectivity index (χ0v) is 10.3. The molecule has 84 valence electrons. The SMILES string of the molecule is CC(C)(C)[S+]([O-])NCCc1ccncc1. The molecule has 0 bridgehead atoms. The lowest BCUT2D eigenvalue weighted by Crippen LogP contribution is -2.40. The van der Waals surface area contributed by atoms with E-state index in [1.54, 1.807) is 12.4 Å². The molecule has 0 aromatic carbocycles. The molecular weight excluding hydrogens is 208 g/mol. The van der Waals surface area contributed by atoms with Gasteiger partial charge in [-0.15, -0.1) is 4.72 Å². The minimum Gasteiger partial charge on any atom is -0.598 e. The van der Waals surface area contributed by atoms with Crippen LogP contribution in [0.25, 0.3) is 0 Å². The lowest BCUT2D eigenvalue weighted by molar-refractivity contribution is 0.544. The zero-order valence-electron chi connectivity index (χ0n) is 9.49. The van der Waals surface area contributed by atoms with Crippen LogP contribution in [0, 0.1) is 0 Å². The monoisotopic (exact) mass is 226 g/mol. The third kappa shape index (κ3) is 4.64. The van der Waals surface area contributed by atoms with Crippen LogP contribution in [0.15, 0.2) is 24.5 Å². The molecular formula is C11H18N2OS. The summed E-state index contributed by atoms with van der Waals surface area (Å²) in [6.45, 7) is 6.61. The fourth-order valence-corrected chi connectivity index (χ4v) is 1.77. The van der Waals surface area contributed by atoms with Crippen LogP contribution in [0.4, 0.5) is 0 Å². The average Bonchev–Trinajstić information content (AvgIpc) is 2.18. The largest absolute Gasteiger partial charge is 0.598 e. The summed E-state index contributed by atoms with van der Waals surface area (Å²) in [5, 5.41) is 0. The Morgan fingerprint density at radius 3 is 2.47 bits per heavy atom. The molecule has 1 aromatic rings. The molecule has 0 aliphatic rings. The van der Waals surface area contributed by atoms with Crippen LogP contribution >= 0.6 is 0 Å². The Labute approximate surface area is 94.6 Å². The molecule has 0 spiro atoms. The van der Waals surface area contributed by atoms with Gasteiger partial charge >= 0.3 is 0 Å². The van der Waals surface area contributed by atoms with Crippen LogP contribution in [0.2, 0.25) is 0 Å². The first kappa shape index (κ1) is 12.5. The van der Waals surface area contributed by atoms with Gasteiger partial charge in [0.05, 0.1) is 0 Å². The van der Waals surface area contributed by atoms with Crippen LogP contribution < -0.4 is 4.72 Å². The van der Waals surface area contributed by atoms with Crippen LogP contribution in [-0.4, -0.2) is 20.8 Å². The standard InChI is InChI=1S/C11H18N2OS/c1-11(2,3)15(14)13-9-6-10-4-7-12-8-5-10/h4-5,7-8,13H,6,9H2,1-3H3. The second kappa shape index (κ2) is 5.49. The molecule has 1 rings (SSSR count). The van der Waals surface area contributed by atoms with Gasteiger partial charge in [0.15, 0.2) is 0 Å². The number of hydrogen-bond acceptors (Lipinski definition) is 3. The number of nitrogens with one attached hydrogen (secondary N) is 1. The van der Waals surface area contributed by atoms with E-state index in [0.29, 0.717) is 0 Å². The van der Waals surface area contributed by atoms with Crippen molar-refractivity contribution in [1.29, 1.82) is 0 Å². The molecule has 0 saturated heterocycles. The summed E-state index contributed by atoms with van der Waals surface area (Å²) < 4.78 is 14.5. The van der Waals surface area contributed by atoms with Crippen molar-refractivity contribution in [3.05, 3.63) is 30.1 Å². The zero-order chi connectivity index (χ0) is 11.3. The van der Waals surface area contributed by atoms with E-state index in [4.69, 9.17) is 0 Å². The Balaban J connectivity index is 2.28. The van der Waals surface area contributed by atoms with Crippen molar-refractivity contribution in [2.45, 2.75) is 31.9 Å². The molecule has 1 heterocycles. The average molecular weight is 226 g/mol. The molecule has 1 atom stereocenters. The summed E-state index contributed by atoms with van der Waals surface area (Å²) >= 11 is -0.977. The van der Waals surface area contributed by atoms with Crippen molar-refractivity contribution in [1.82, 2.24) is 9.71 Å². The maximum atomic E-state index is 11.6. The first-order chi connectivity index (χ1) is 7.00. The van der Waals surface area contributed by atoms with E-state index in [1.807, 2.05) is 32.9 Å². The van der Waals surface area contributed by atoms with E-state index < -0.39 is 11.4 Å². The highest BCUT2D eigenvalue weighted by Crippen LogP contribution is 2.12. The van der Waals surface area contributed by atoms with Gasteiger partial charge in [-0.05, 0) is 44.9 Å². The Morgan fingerprint density at radius 1 is 1.33 bits per heavy atom. The highest BCUT2D eigenvalue weighted by atomic mass is 32.2. The molecule has 0 fully saturated rings.